The number of hydrogen-bond donors (Lipinski definition) is 0. The maximum absolute atomic E-state index is 10.8. The zero-order valence-electron chi connectivity index (χ0n) is 14.6. The Morgan fingerprint density at radius 2 is 0.964 bits per heavy atom. The molecule has 0 amide bonds. The van der Waals surface area contributed by atoms with Crippen molar-refractivity contribution in [2.24, 2.45) is 20.5 Å². The van der Waals surface area contributed by atoms with Crippen LogP contribution in [-0.2, 0) is 20.2 Å². The van der Waals surface area contributed by atoms with Crippen molar-refractivity contribution in [2.75, 3.05) is 0 Å². The first-order chi connectivity index (χ1) is 12.1. The quantitative estimate of drug-likeness (QED) is 0.187. The number of thiocarbonyl (C=S) groups is 1. The fourth-order valence-corrected chi connectivity index (χ4v) is 2.60. The van der Waals surface area contributed by atoms with E-state index in [0.29, 0.717) is 0 Å². The Hall–Kier alpha value is 0.823. The van der Waals surface area contributed by atoms with Crippen molar-refractivity contribution < 1.29 is 129 Å². The van der Waals surface area contributed by atoms with Crippen molar-refractivity contribution >= 4 is 48.9 Å². The van der Waals surface area contributed by atoms with Crippen LogP contribution in [0.2, 0.25) is 0 Å². The number of benzene rings is 2. The molecule has 0 fully saturated rings. The summed E-state index contributed by atoms with van der Waals surface area (Å²) >= 11 is 4.81. The molecule has 15 heteroatoms. The van der Waals surface area contributed by atoms with E-state index in [-0.39, 0.29) is 119 Å². The minimum absolute atomic E-state index is 0. The molecule has 0 heterocycles. The fraction of sp³-hybridized carbons (Fsp3) is 0. The molecule has 2 aromatic carbocycles. The molecule has 0 radical (unpaired) electrons. The topological polar surface area (TPSA) is 164 Å². The van der Waals surface area contributed by atoms with Crippen LogP contribution < -0.4 is 103 Å². The first-order valence-electron chi connectivity index (χ1n) is 6.55. The van der Waals surface area contributed by atoms with Crippen LogP contribution >= 0.6 is 12.2 Å². The summed E-state index contributed by atoms with van der Waals surface area (Å²) in [6, 6.07) is 9.35. The third-order valence-corrected chi connectivity index (χ3v) is 4.62. The largest absolute Gasteiger partial charge is 1.00 e. The Labute approximate surface area is 251 Å². The van der Waals surface area contributed by atoms with Crippen molar-refractivity contribution in [3.05, 3.63) is 48.5 Å². The van der Waals surface area contributed by atoms with Gasteiger partial charge in [-0.3, -0.25) is 0 Å². The molecule has 0 unspecified atom stereocenters. The average molecular weight is 491 g/mol. The van der Waals surface area contributed by atoms with Gasteiger partial charge >= 0.3 is 103 Å². The minimum atomic E-state index is -4.54. The fourth-order valence-electron chi connectivity index (χ4n) is 1.58. The van der Waals surface area contributed by atoms with Gasteiger partial charge in [0.2, 0.25) is 0 Å². The molecular weight excluding hydrogens is 483 g/mol. The molecule has 10 nitrogen and oxygen atoms in total. The third-order valence-electron chi connectivity index (χ3n) is 2.75. The molecule has 0 aliphatic carbocycles. The third kappa shape index (κ3) is 9.75. The van der Waals surface area contributed by atoms with E-state index in [1.807, 2.05) is 0 Å². The molecule has 0 aliphatic rings. The van der Waals surface area contributed by atoms with Crippen LogP contribution in [0.4, 0.5) is 11.4 Å². The molecular formula is C13H8K2N4O6S3. The van der Waals surface area contributed by atoms with Gasteiger partial charge in [0.1, 0.15) is 20.2 Å². The van der Waals surface area contributed by atoms with E-state index in [1.54, 1.807) is 0 Å². The van der Waals surface area contributed by atoms with Crippen LogP contribution in [0.3, 0.4) is 0 Å². The summed E-state index contributed by atoms with van der Waals surface area (Å²) in [5.74, 6) is 0. The predicted molar refractivity (Wildman–Crippen MR) is 90.4 cm³/mol. The summed E-state index contributed by atoms with van der Waals surface area (Å²) < 4.78 is 64.8. The summed E-state index contributed by atoms with van der Waals surface area (Å²) in [6.07, 6.45) is 0. The van der Waals surface area contributed by atoms with Crippen LogP contribution in [0.15, 0.2) is 78.8 Å². The molecule has 0 aromatic heterocycles. The van der Waals surface area contributed by atoms with Crippen LogP contribution in [0.25, 0.3) is 0 Å². The first-order valence-corrected chi connectivity index (χ1v) is 9.77. The standard InChI is InChI=1S/C13H10N4O6S3.2K/c18-25(19,20)11-5-1-9(2-6-11)14-16-13(24)17-15-10-3-7-12(8-4-10)26(21,22)23;;/h1-8H,(H,18,19,20)(H,21,22,23);;/q;2*+1/p-2. The Morgan fingerprint density at radius 1 is 0.679 bits per heavy atom. The van der Waals surface area contributed by atoms with Gasteiger partial charge in [-0.05, 0) is 60.7 Å². The molecule has 0 N–H and O–H groups in total. The molecule has 0 spiro atoms. The second-order valence-electron chi connectivity index (χ2n) is 4.58. The molecule has 28 heavy (non-hydrogen) atoms. The summed E-state index contributed by atoms with van der Waals surface area (Å²) in [5.41, 5.74) is 0.472. The van der Waals surface area contributed by atoms with E-state index in [1.165, 1.54) is 24.3 Å². The smallest absolute Gasteiger partial charge is 0.744 e. The zero-order valence-corrected chi connectivity index (χ0v) is 23.3. The SMILES string of the molecule is O=S(=O)([O-])c1ccc(N=NC(=S)N=Nc2ccc(S(=O)(=O)[O-])cc2)cc1.[K+].[K+]. The molecule has 0 atom stereocenters. The molecule has 136 valence electrons. The number of nitrogens with zero attached hydrogens (tertiary/aromatic N) is 4. The average Bonchev–Trinajstić information content (AvgIpc) is 2.57. The van der Waals surface area contributed by atoms with Crippen LogP contribution in [0.5, 0.6) is 0 Å². The van der Waals surface area contributed by atoms with Crippen LogP contribution in [0.1, 0.15) is 0 Å². The van der Waals surface area contributed by atoms with Gasteiger partial charge < -0.3 is 9.11 Å². The number of rotatable bonds is 4. The molecule has 0 bridgehead atoms. The van der Waals surface area contributed by atoms with E-state index in [4.69, 9.17) is 12.2 Å². The number of hydrogen-bond acceptors (Lipinski definition) is 9. The van der Waals surface area contributed by atoms with Gasteiger partial charge in [-0.25, -0.2) is 16.8 Å². The second kappa shape index (κ2) is 12.6. The van der Waals surface area contributed by atoms with E-state index >= 15 is 0 Å². The van der Waals surface area contributed by atoms with Gasteiger partial charge in [-0.2, -0.15) is 0 Å². The maximum Gasteiger partial charge on any atom is 1.00 e. The Bertz CT molecular complexity index is 999. The van der Waals surface area contributed by atoms with Gasteiger partial charge in [-0.15, -0.1) is 20.5 Å². The normalized spacial score (nSPS) is 11.8. The van der Waals surface area contributed by atoms with Crippen molar-refractivity contribution in [3.8, 4) is 0 Å². The van der Waals surface area contributed by atoms with Crippen molar-refractivity contribution in [1.82, 2.24) is 0 Å². The minimum Gasteiger partial charge on any atom is -0.744 e. The maximum atomic E-state index is 10.8. The van der Waals surface area contributed by atoms with E-state index in [0.717, 1.165) is 24.3 Å². The Morgan fingerprint density at radius 3 is 1.21 bits per heavy atom. The van der Waals surface area contributed by atoms with Gasteiger partial charge in [-0.1, -0.05) is 0 Å². The van der Waals surface area contributed by atoms with Crippen LogP contribution in [-0.4, -0.2) is 31.1 Å². The van der Waals surface area contributed by atoms with Crippen molar-refractivity contribution in [2.45, 2.75) is 9.79 Å². The molecule has 2 rings (SSSR count). The van der Waals surface area contributed by atoms with E-state index in [2.05, 4.69) is 20.5 Å². The Balaban J connectivity index is 0.00000364. The Kier molecular flexibility index (Phi) is 13.0. The molecule has 0 aliphatic heterocycles. The second-order valence-corrected chi connectivity index (χ2v) is 7.70. The monoisotopic (exact) mass is 490 g/mol. The van der Waals surface area contributed by atoms with Gasteiger partial charge in [0, 0.05) is 0 Å². The molecule has 0 saturated heterocycles. The van der Waals surface area contributed by atoms with Gasteiger partial charge in [0.25, 0.3) is 5.11 Å². The predicted octanol–water partition coefficient (Wildman–Crippen LogP) is -3.34. The van der Waals surface area contributed by atoms with Crippen molar-refractivity contribution in [1.29, 1.82) is 0 Å². The van der Waals surface area contributed by atoms with Crippen LogP contribution in [0, 0.1) is 0 Å². The summed E-state index contributed by atoms with van der Waals surface area (Å²) in [6.45, 7) is 0. The molecule has 2 aromatic rings. The van der Waals surface area contributed by atoms with Crippen molar-refractivity contribution in [3.63, 3.8) is 0 Å². The number of azo groups is 2. The summed E-state index contributed by atoms with van der Waals surface area (Å²) in [7, 11) is -9.08. The first kappa shape index (κ1) is 28.8. The van der Waals surface area contributed by atoms with E-state index < -0.39 is 30.0 Å². The zero-order chi connectivity index (χ0) is 19.4. The van der Waals surface area contributed by atoms with E-state index in [9.17, 15) is 25.9 Å². The summed E-state index contributed by atoms with van der Waals surface area (Å²) in [5, 5.41) is 14.3. The van der Waals surface area contributed by atoms with Gasteiger partial charge in [0.15, 0.2) is 0 Å². The van der Waals surface area contributed by atoms with Gasteiger partial charge in [0.05, 0.1) is 21.2 Å². The molecule has 0 saturated carbocycles. The summed E-state index contributed by atoms with van der Waals surface area (Å²) in [4.78, 5) is -0.801.